The van der Waals surface area contributed by atoms with Gasteiger partial charge in [-0.05, 0) is 19.1 Å². The summed E-state index contributed by atoms with van der Waals surface area (Å²) in [6.07, 6.45) is 3.12. The van der Waals surface area contributed by atoms with Crippen LogP contribution in [0.2, 0.25) is 5.02 Å². The lowest BCUT2D eigenvalue weighted by Gasteiger charge is -1.99. The molecule has 1 aromatic carbocycles. The van der Waals surface area contributed by atoms with Gasteiger partial charge in [0, 0.05) is 5.75 Å². The number of nitrogens with one attached hydrogen (secondary N) is 1. The lowest BCUT2D eigenvalue weighted by Crippen LogP contribution is -1.89. The lowest BCUT2D eigenvalue weighted by molar-refractivity contribution is 0.540. The molecule has 24 heavy (non-hydrogen) atoms. The van der Waals surface area contributed by atoms with E-state index in [9.17, 15) is 0 Å². The Labute approximate surface area is 146 Å². The molecule has 0 fully saturated rings. The third-order valence-corrected chi connectivity index (χ3v) is 4.86. The second-order valence-electron chi connectivity index (χ2n) is 5.07. The number of halogens is 1. The fourth-order valence-electron chi connectivity index (χ4n) is 2.30. The number of benzene rings is 1. The summed E-state index contributed by atoms with van der Waals surface area (Å²) in [7, 11) is 0. The molecule has 1 N–H and O–H groups in total. The molecule has 0 saturated heterocycles. The third-order valence-electron chi connectivity index (χ3n) is 3.53. The SMILES string of the molecule is Cc1oc(-c2ccccc2Cl)nc1CSc1ncnc2nc[nH]c12. The van der Waals surface area contributed by atoms with Gasteiger partial charge in [-0.3, -0.25) is 0 Å². The summed E-state index contributed by atoms with van der Waals surface area (Å²) in [4.78, 5) is 20.2. The zero-order valence-corrected chi connectivity index (χ0v) is 14.2. The fourth-order valence-corrected chi connectivity index (χ4v) is 3.47. The largest absolute Gasteiger partial charge is 0.441 e. The van der Waals surface area contributed by atoms with Crippen LogP contribution in [0.4, 0.5) is 0 Å². The van der Waals surface area contributed by atoms with E-state index in [1.54, 1.807) is 18.1 Å². The number of oxazole rings is 1. The van der Waals surface area contributed by atoms with E-state index in [2.05, 4.69) is 24.9 Å². The van der Waals surface area contributed by atoms with Crippen molar-refractivity contribution in [2.45, 2.75) is 17.7 Å². The van der Waals surface area contributed by atoms with E-state index in [0.717, 1.165) is 27.6 Å². The summed E-state index contributed by atoms with van der Waals surface area (Å²) in [6.45, 7) is 1.90. The highest BCUT2D eigenvalue weighted by Crippen LogP contribution is 2.31. The number of H-pyrrole nitrogens is 1. The topological polar surface area (TPSA) is 80.5 Å². The number of fused-ring (bicyclic) bond motifs is 1. The van der Waals surface area contributed by atoms with Crippen LogP contribution in [0.15, 0.2) is 46.4 Å². The van der Waals surface area contributed by atoms with Gasteiger partial charge < -0.3 is 9.40 Å². The minimum atomic E-state index is 0.531. The summed E-state index contributed by atoms with van der Waals surface area (Å²) < 4.78 is 5.78. The number of hydrogen-bond donors (Lipinski definition) is 1. The molecule has 4 rings (SSSR count). The summed E-state index contributed by atoms with van der Waals surface area (Å²) in [6, 6.07) is 7.50. The lowest BCUT2D eigenvalue weighted by atomic mass is 10.2. The molecular formula is C16H12ClN5OS. The van der Waals surface area contributed by atoms with E-state index in [0.29, 0.717) is 22.3 Å². The number of rotatable bonds is 4. The summed E-state index contributed by atoms with van der Waals surface area (Å²) in [5.74, 6) is 1.93. The van der Waals surface area contributed by atoms with E-state index in [1.807, 2.05) is 31.2 Å². The summed E-state index contributed by atoms with van der Waals surface area (Å²) in [5.41, 5.74) is 3.13. The molecule has 3 heterocycles. The maximum atomic E-state index is 6.21. The Morgan fingerprint density at radius 1 is 1.21 bits per heavy atom. The molecule has 0 unspecified atom stereocenters. The number of aryl methyl sites for hydroxylation is 1. The quantitative estimate of drug-likeness (QED) is 0.434. The van der Waals surface area contributed by atoms with Gasteiger partial charge in [0.2, 0.25) is 5.89 Å². The third kappa shape index (κ3) is 2.76. The molecule has 0 atom stereocenters. The van der Waals surface area contributed by atoms with E-state index < -0.39 is 0 Å². The number of hydrogen-bond acceptors (Lipinski definition) is 6. The van der Waals surface area contributed by atoms with Crippen LogP contribution in [-0.2, 0) is 5.75 Å². The monoisotopic (exact) mass is 357 g/mol. The molecule has 8 heteroatoms. The minimum absolute atomic E-state index is 0.531. The van der Waals surface area contributed by atoms with E-state index >= 15 is 0 Å². The smallest absolute Gasteiger partial charge is 0.228 e. The molecule has 0 spiro atoms. The number of aromatic amines is 1. The standard InChI is InChI=1S/C16H12ClN5OS/c1-9-12(22-15(23-9)10-4-2-3-5-11(10)17)6-24-16-13-14(19-7-18-13)20-8-21-16/h2-5,7-8H,6H2,1H3,(H,18,19,20,21). The van der Waals surface area contributed by atoms with Gasteiger partial charge in [0.25, 0.3) is 0 Å². The Bertz CT molecular complexity index is 1010. The minimum Gasteiger partial charge on any atom is -0.441 e. The van der Waals surface area contributed by atoms with Gasteiger partial charge in [-0.2, -0.15) is 0 Å². The van der Waals surface area contributed by atoms with Crippen molar-refractivity contribution in [1.29, 1.82) is 0 Å². The molecule has 0 bridgehead atoms. The van der Waals surface area contributed by atoms with Gasteiger partial charge in [0.05, 0.1) is 22.6 Å². The number of nitrogens with zero attached hydrogens (tertiary/aromatic N) is 4. The summed E-state index contributed by atoms with van der Waals surface area (Å²) >= 11 is 7.77. The van der Waals surface area contributed by atoms with Crippen LogP contribution < -0.4 is 0 Å². The molecule has 6 nitrogen and oxygen atoms in total. The number of aromatic nitrogens is 5. The van der Waals surface area contributed by atoms with Gasteiger partial charge in [-0.15, -0.1) is 0 Å². The molecular weight excluding hydrogens is 346 g/mol. The van der Waals surface area contributed by atoms with Crippen molar-refractivity contribution in [1.82, 2.24) is 24.9 Å². The summed E-state index contributed by atoms with van der Waals surface area (Å²) in [5, 5.41) is 1.45. The van der Waals surface area contributed by atoms with Crippen LogP contribution in [0.1, 0.15) is 11.5 Å². The Morgan fingerprint density at radius 2 is 2.08 bits per heavy atom. The Hall–Kier alpha value is -2.38. The molecule has 0 aliphatic carbocycles. The van der Waals surface area contributed by atoms with Gasteiger partial charge in [-0.1, -0.05) is 35.5 Å². The fraction of sp³-hybridized carbons (Fsp3) is 0.125. The Kier molecular flexibility index (Phi) is 3.95. The molecule has 3 aromatic heterocycles. The van der Waals surface area contributed by atoms with Crippen LogP contribution in [0.5, 0.6) is 0 Å². The Balaban J connectivity index is 1.60. The van der Waals surface area contributed by atoms with E-state index in [-0.39, 0.29) is 0 Å². The highest BCUT2D eigenvalue weighted by Gasteiger charge is 2.15. The average Bonchev–Trinajstić information content (AvgIpc) is 3.20. The van der Waals surface area contributed by atoms with Crippen LogP contribution in [0.25, 0.3) is 22.6 Å². The van der Waals surface area contributed by atoms with Crippen molar-refractivity contribution >= 4 is 34.5 Å². The first-order valence-electron chi connectivity index (χ1n) is 7.20. The van der Waals surface area contributed by atoms with Gasteiger partial charge in [0.1, 0.15) is 22.6 Å². The van der Waals surface area contributed by atoms with E-state index in [1.165, 1.54) is 6.33 Å². The van der Waals surface area contributed by atoms with Crippen molar-refractivity contribution in [3.8, 4) is 11.5 Å². The highest BCUT2D eigenvalue weighted by molar-refractivity contribution is 7.98. The predicted molar refractivity (Wildman–Crippen MR) is 92.9 cm³/mol. The predicted octanol–water partition coefficient (Wildman–Crippen LogP) is 4.26. The van der Waals surface area contributed by atoms with Gasteiger partial charge in [-0.25, -0.2) is 19.9 Å². The first-order valence-corrected chi connectivity index (χ1v) is 8.57. The number of imidazole rings is 1. The van der Waals surface area contributed by atoms with Crippen LogP contribution in [0, 0.1) is 6.92 Å². The van der Waals surface area contributed by atoms with Crippen LogP contribution in [-0.4, -0.2) is 24.9 Å². The zero-order valence-electron chi connectivity index (χ0n) is 12.7. The normalized spacial score (nSPS) is 11.2. The van der Waals surface area contributed by atoms with Crippen molar-refractivity contribution in [2.24, 2.45) is 0 Å². The molecule has 0 radical (unpaired) electrons. The second-order valence-corrected chi connectivity index (χ2v) is 6.44. The molecule has 0 saturated carbocycles. The second kappa shape index (κ2) is 6.26. The molecule has 4 aromatic rings. The molecule has 0 aliphatic heterocycles. The first kappa shape index (κ1) is 15.2. The van der Waals surface area contributed by atoms with Crippen molar-refractivity contribution in [2.75, 3.05) is 0 Å². The molecule has 0 aliphatic rings. The van der Waals surface area contributed by atoms with Crippen LogP contribution >= 0.6 is 23.4 Å². The van der Waals surface area contributed by atoms with Gasteiger partial charge in [0.15, 0.2) is 5.65 Å². The van der Waals surface area contributed by atoms with Gasteiger partial charge >= 0.3 is 0 Å². The van der Waals surface area contributed by atoms with Crippen LogP contribution in [0.3, 0.4) is 0 Å². The van der Waals surface area contributed by atoms with Crippen molar-refractivity contribution in [3.05, 3.63) is 53.4 Å². The maximum Gasteiger partial charge on any atom is 0.228 e. The van der Waals surface area contributed by atoms with Crippen molar-refractivity contribution < 1.29 is 4.42 Å². The molecule has 120 valence electrons. The molecule has 0 amide bonds. The zero-order chi connectivity index (χ0) is 16.5. The van der Waals surface area contributed by atoms with E-state index in [4.69, 9.17) is 16.0 Å². The number of thioether (sulfide) groups is 1. The van der Waals surface area contributed by atoms with Crippen molar-refractivity contribution in [3.63, 3.8) is 0 Å². The Morgan fingerprint density at radius 3 is 2.96 bits per heavy atom. The first-order chi connectivity index (χ1) is 11.7. The highest BCUT2D eigenvalue weighted by atomic mass is 35.5. The maximum absolute atomic E-state index is 6.21. The average molecular weight is 358 g/mol.